The van der Waals surface area contributed by atoms with Crippen molar-refractivity contribution in [1.29, 1.82) is 0 Å². The van der Waals surface area contributed by atoms with E-state index in [2.05, 4.69) is 19.2 Å². The highest BCUT2D eigenvalue weighted by atomic mass is 35.5. The lowest BCUT2D eigenvalue weighted by atomic mass is 10.0. The number of carboxylic acids is 1. The SMILES string of the molecule is CC(C)C1NC(C(=O)O)C(C)(C)S1.Cl. The van der Waals surface area contributed by atoms with Crippen molar-refractivity contribution >= 4 is 30.1 Å². The van der Waals surface area contributed by atoms with Crippen LogP contribution in [0.25, 0.3) is 0 Å². The molecule has 1 fully saturated rings. The maximum absolute atomic E-state index is 10.9. The number of rotatable bonds is 2. The van der Waals surface area contributed by atoms with Gasteiger partial charge in [0.1, 0.15) is 6.04 Å². The van der Waals surface area contributed by atoms with Gasteiger partial charge < -0.3 is 5.11 Å². The second kappa shape index (κ2) is 4.73. The van der Waals surface area contributed by atoms with Gasteiger partial charge in [-0.15, -0.1) is 24.2 Å². The van der Waals surface area contributed by atoms with Crippen molar-refractivity contribution in [3.63, 3.8) is 0 Å². The zero-order chi connectivity index (χ0) is 10.2. The van der Waals surface area contributed by atoms with E-state index in [0.29, 0.717) is 5.92 Å². The number of thioether (sulfide) groups is 1. The Labute approximate surface area is 95.4 Å². The van der Waals surface area contributed by atoms with E-state index in [1.165, 1.54) is 0 Å². The second-order valence-electron chi connectivity index (χ2n) is 4.32. The van der Waals surface area contributed by atoms with Gasteiger partial charge in [0.2, 0.25) is 0 Å². The Morgan fingerprint density at radius 2 is 2.00 bits per heavy atom. The van der Waals surface area contributed by atoms with Crippen molar-refractivity contribution in [2.45, 2.75) is 43.9 Å². The molecule has 2 unspecified atom stereocenters. The van der Waals surface area contributed by atoms with Gasteiger partial charge in [0.05, 0.1) is 5.37 Å². The first kappa shape index (κ1) is 14.1. The maximum atomic E-state index is 10.9. The summed E-state index contributed by atoms with van der Waals surface area (Å²) in [6.07, 6.45) is 0. The second-order valence-corrected chi connectivity index (χ2v) is 6.12. The van der Waals surface area contributed by atoms with Gasteiger partial charge >= 0.3 is 5.97 Å². The monoisotopic (exact) mass is 239 g/mol. The number of hydrogen-bond donors (Lipinski definition) is 2. The smallest absolute Gasteiger partial charge is 0.322 e. The van der Waals surface area contributed by atoms with Crippen LogP contribution in [0.15, 0.2) is 0 Å². The fourth-order valence-corrected chi connectivity index (χ4v) is 2.93. The molecule has 0 aliphatic carbocycles. The molecule has 0 aromatic heterocycles. The molecule has 5 heteroatoms. The van der Waals surface area contributed by atoms with Gasteiger partial charge in [-0.3, -0.25) is 10.1 Å². The third kappa shape index (κ3) is 2.78. The highest BCUT2D eigenvalue weighted by Crippen LogP contribution is 2.40. The van der Waals surface area contributed by atoms with Crippen molar-refractivity contribution in [3.8, 4) is 0 Å². The molecule has 0 aromatic carbocycles. The number of halogens is 1. The lowest BCUT2D eigenvalue weighted by molar-refractivity contribution is -0.139. The molecule has 1 saturated heterocycles. The predicted octanol–water partition coefficient (Wildman–Crippen LogP) is 1.96. The summed E-state index contributed by atoms with van der Waals surface area (Å²) in [6, 6.07) is -0.426. The van der Waals surface area contributed by atoms with Crippen molar-refractivity contribution in [2.75, 3.05) is 0 Å². The minimum absolute atomic E-state index is 0. The average molecular weight is 240 g/mol. The molecular weight excluding hydrogens is 222 g/mol. The number of carboxylic acid groups (broad SMARTS) is 1. The summed E-state index contributed by atoms with van der Waals surface area (Å²) in [5.41, 5.74) is 0. The lowest BCUT2D eigenvalue weighted by Gasteiger charge is -2.21. The molecule has 0 bridgehead atoms. The van der Waals surface area contributed by atoms with Gasteiger partial charge in [0.25, 0.3) is 0 Å². The van der Waals surface area contributed by atoms with E-state index >= 15 is 0 Å². The molecule has 14 heavy (non-hydrogen) atoms. The Kier molecular flexibility index (Phi) is 4.75. The zero-order valence-electron chi connectivity index (χ0n) is 8.90. The molecule has 1 rings (SSSR count). The molecular formula is C9H18ClNO2S. The van der Waals surface area contributed by atoms with Crippen LogP contribution in [0.5, 0.6) is 0 Å². The van der Waals surface area contributed by atoms with E-state index in [1.807, 2.05) is 13.8 Å². The highest BCUT2D eigenvalue weighted by molar-refractivity contribution is 8.01. The summed E-state index contributed by atoms with van der Waals surface area (Å²) in [7, 11) is 0. The van der Waals surface area contributed by atoms with E-state index in [1.54, 1.807) is 11.8 Å². The van der Waals surface area contributed by atoms with Crippen LogP contribution in [0.2, 0.25) is 0 Å². The minimum Gasteiger partial charge on any atom is -0.480 e. The number of hydrogen-bond acceptors (Lipinski definition) is 3. The Balaban J connectivity index is 0.00000169. The maximum Gasteiger partial charge on any atom is 0.322 e. The van der Waals surface area contributed by atoms with Crippen molar-refractivity contribution in [3.05, 3.63) is 0 Å². The van der Waals surface area contributed by atoms with Gasteiger partial charge in [-0.1, -0.05) is 13.8 Å². The quantitative estimate of drug-likeness (QED) is 0.774. The first-order valence-electron chi connectivity index (χ1n) is 4.51. The molecule has 1 heterocycles. The van der Waals surface area contributed by atoms with Crippen molar-refractivity contribution in [2.24, 2.45) is 5.92 Å². The first-order chi connectivity index (χ1) is 5.84. The van der Waals surface area contributed by atoms with Crippen LogP contribution in [-0.4, -0.2) is 27.2 Å². The van der Waals surface area contributed by atoms with E-state index < -0.39 is 12.0 Å². The van der Waals surface area contributed by atoms with Crippen molar-refractivity contribution in [1.82, 2.24) is 5.32 Å². The summed E-state index contributed by atoms with van der Waals surface area (Å²) < 4.78 is -0.208. The molecule has 2 atom stereocenters. The zero-order valence-corrected chi connectivity index (χ0v) is 10.5. The molecule has 84 valence electrons. The van der Waals surface area contributed by atoms with Gasteiger partial charge in [-0.2, -0.15) is 0 Å². The summed E-state index contributed by atoms with van der Waals surface area (Å²) >= 11 is 1.72. The fraction of sp³-hybridized carbons (Fsp3) is 0.889. The average Bonchev–Trinajstić information content (AvgIpc) is 2.25. The van der Waals surface area contributed by atoms with Crippen LogP contribution >= 0.6 is 24.2 Å². The standard InChI is InChI=1S/C9H17NO2S.ClH/c1-5(2)7-10-6(8(11)12)9(3,4)13-7;/h5-7,10H,1-4H3,(H,11,12);1H. The lowest BCUT2D eigenvalue weighted by Crippen LogP contribution is -2.45. The predicted molar refractivity (Wildman–Crippen MR) is 62.1 cm³/mol. The van der Waals surface area contributed by atoms with Crippen LogP contribution < -0.4 is 5.32 Å². The summed E-state index contributed by atoms with van der Waals surface area (Å²) in [5.74, 6) is -0.283. The first-order valence-corrected chi connectivity index (χ1v) is 5.39. The molecule has 0 aromatic rings. The van der Waals surface area contributed by atoms with Crippen LogP contribution in [-0.2, 0) is 4.79 Å². The molecule has 0 spiro atoms. The Morgan fingerprint density at radius 3 is 2.21 bits per heavy atom. The van der Waals surface area contributed by atoms with E-state index in [9.17, 15) is 4.79 Å². The summed E-state index contributed by atoms with van der Waals surface area (Å²) in [4.78, 5) is 10.9. The van der Waals surface area contributed by atoms with Gasteiger partial charge in [0.15, 0.2) is 0 Å². The Bertz CT molecular complexity index is 221. The van der Waals surface area contributed by atoms with Crippen LogP contribution in [0.3, 0.4) is 0 Å². The van der Waals surface area contributed by atoms with Gasteiger partial charge in [0, 0.05) is 4.75 Å². The van der Waals surface area contributed by atoms with Crippen molar-refractivity contribution < 1.29 is 9.90 Å². The normalized spacial score (nSPS) is 30.1. The topological polar surface area (TPSA) is 49.3 Å². The van der Waals surface area contributed by atoms with E-state index in [4.69, 9.17) is 5.11 Å². The van der Waals surface area contributed by atoms with Crippen LogP contribution in [0.4, 0.5) is 0 Å². The summed E-state index contributed by atoms with van der Waals surface area (Å²) in [6.45, 7) is 8.16. The van der Waals surface area contributed by atoms with E-state index in [0.717, 1.165) is 0 Å². The third-order valence-corrected chi connectivity index (χ3v) is 4.09. The fourth-order valence-electron chi connectivity index (χ4n) is 1.49. The number of nitrogens with one attached hydrogen (secondary N) is 1. The molecule has 0 amide bonds. The van der Waals surface area contributed by atoms with Crippen LogP contribution in [0.1, 0.15) is 27.7 Å². The molecule has 2 N–H and O–H groups in total. The molecule has 1 aliphatic heterocycles. The third-order valence-electron chi connectivity index (χ3n) is 2.31. The van der Waals surface area contributed by atoms with Gasteiger partial charge in [-0.05, 0) is 19.8 Å². The number of aliphatic carboxylic acids is 1. The van der Waals surface area contributed by atoms with Crippen LogP contribution in [0, 0.1) is 5.92 Å². The van der Waals surface area contributed by atoms with E-state index in [-0.39, 0.29) is 22.5 Å². The molecule has 3 nitrogen and oxygen atoms in total. The largest absolute Gasteiger partial charge is 0.480 e. The summed E-state index contributed by atoms with van der Waals surface area (Å²) in [5, 5.41) is 12.4. The Hall–Kier alpha value is 0.0700. The Morgan fingerprint density at radius 1 is 1.50 bits per heavy atom. The molecule has 0 radical (unpaired) electrons. The highest BCUT2D eigenvalue weighted by Gasteiger charge is 2.45. The molecule has 0 saturated carbocycles. The minimum atomic E-state index is -0.749. The van der Waals surface area contributed by atoms with Gasteiger partial charge in [-0.25, -0.2) is 0 Å². The molecule has 1 aliphatic rings. The number of carbonyl (C=O) groups is 1.